The van der Waals surface area contributed by atoms with E-state index in [1.165, 1.54) is 30.3 Å². The third-order valence-electron chi connectivity index (χ3n) is 2.63. The number of carboxylic acids is 2. The minimum absolute atomic E-state index is 0.0249. The van der Waals surface area contributed by atoms with Gasteiger partial charge >= 0.3 is 11.9 Å². The first-order chi connectivity index (χ1) is 8.56. The molecule has 0 saturated carbocycles. The van der Waals surface area contributed by atoms with Crippen LogP contribution in [0.3, 0.4) is 0 Å². The van der Waals surface area contributed by atoms with Gasteiger partial charge in [0.2, 0.25) is 0 Å². The number of benzene rings is 2. The van der Waals surface area contributed by atoms with E-state index in [0.717, 1.165) is 0 Å². The molecule has 0 atom stereocenters. The fourth-order valence-electron chi connectivity index (χ4n) is 1.84. The zero-order chi connectivity index (χ0) is 13.3. The number of fused-ring (bicyclic) bond motifs is 1. The first-order valence-electron chi connectivity index (χ1n) is 4.98. The Kier molecular flexibility index (Phi) is 2.70. The molecule has 5 heteroatoms. The Balaban J connectivity index is 2.93. The molecule has 2 rings (SSSR count). The van der Waals surface area contributed by atoms with E-state index in [9.17, 15) is 9.59 Å². The zero-order valence-corrected chi connectivity index (χ0v) is 9.04. The van der Waals surface area contributed by atoms with Crippen LogP contribution in [0.5, 0.6) is 0 Å². The molecule has 0 saturated heterocycles. The molecule has 2 aromatic rings. The molecule has 2 aromatic carbocycles. The average Bonchev–Trinajstić information content (AvgIpc) is 2.35. The smallest absolute Gasteiger partial charge is 0.337 e. The average molecular weight is 241 g/mol. The lowest BCUT2D eigenvalue weighted by atomic mass is 9.96. The number of nitrogens with zero attached hydrogens (tertiary/aromatic N) is 1. The van der Waals surface area contributed by atoms with Crippen molar-refractivity contribution in [2.45, 2.75) is 0 Å². The molecule has 0 amide bonds. The largest absolute Gasteiger partial charge is 0.478 e. The third kappa shape index (κ3) is 1.66. The van der Waals surface area contributed by atoms with E-state index in [1.54, 1.807) is 0 Å². The lowest BCUT2D eigenvalue weighted by Crippen LogP contribution is -2.03. The van der Waals surface area contributed by atoms with Crippen molar-refractivity contribution in [3.05, 3.63) is 47.0 Å². The summed E-state index contributed by atoms with van der Waals surface area (Å²) in [4.78, 5) is 22.0. The highest BCUT2D eigenvalue weighted by Crippen LogP contribution is 2.25. The molecule has 0 radical (unpaired) electrons. The van der Waals surface area contributed by atoms with Crippen LogP contribution >= 0.6 is 0 Å². The van der Waals surface area contributed by atoms with E-state index in [1.807, 2.05) is 6.07 Å². The Hall–Kier alpha value is -2.87. The minimum atomic E-state index is -1.21. The van der Waals surface area contributed by atoms with Crippen LogP contribution in [0.25, 0.3) is 10.8 Å². The van der Waals surface area contributed by atoms with Crippen molar-refractivity contribution in [1.82, 2.24) is 0 Å². The summed E-state index contributed by atoms with van der Waals surface area (Å²) in [7, 11) is 0. The van der Waals surface area contributed by atoms with Crippen LogP contribution < -0.4 is 0 Å². The molecule has 88 valence electrons. The van der Waals surface area contributed by atoms with Gasteiger partial charge in [-0.05, 0) is 17.5 Å². The van der Waals surface area contributed by atoms with Gasteiger partial charge in [0.1, 0.15) is 6.07 Å². The maximum atomic E-state index is 11.0. The maximum absolute atomic E-state index is 11.0. The molecule has 18 heavy (non-hydrogen) atoms. The second kappa shape index (κ2) is 4.18. The van der Waals surface area contributed by atoms with Crippen molar-refractivity contribution >= 4 is 22.7 Å². The topological polar surface area (TPSA) is 98.4 Å². The van der Waals surface area contributed by atoms with Gasteiger partial charge in [0.15, 0.2) is 0 Å². The minimum Gasteiger partial charge on any atom is -0.478 e. The van der Waals surface area contributed by atoms with Gasteiger partial charge in [0.25, 0.3) is 0 Å². The highest BCUT2D eigenvalue weighted by Gasteiger charge is 2.16. The van der Waals surface area contributed by atoms with E-state index in [-0.39, 0.29) is 16.7 Å². The Morgan fingerprint density at radius 2 is 1.61 bits per heavy atom. The summed E-state index contributed by atoms with van der Waals surface area (Å²) in [6, 6.07) is 8.89. The molecule has 0 aromatic heterocycles. The maximum Gasteiger partial charge on any atom is 0.337 e. The first kappa shape index (κ1) is 11.6. The van der Waals surface area contributed by atoms with E-state index in [2.05, 4.69) is 0 Å². The number of nitriles is 1. The SMILES string of the molecule is N#Cc1c(C(=O)O)ccc2c(C(=O)O)cccc12. The summed E-state index contributed by atoms with van der Waals surface area (Å²) < 4.78 is 0. The van der Waals surface area contributed by atoms with Crippen LogP contribution in [0.4, 0.5) is 0 Å². The molecule has 2 N–H and O–H groups in total. The highest BCUT2D eigenvalue weighted by atomic mass is 16.4. The Morgan fingerprint density at radius 3 is 2.17 bits per heavy atom. The van der Waals surface area contributed by atoms with Gasteiger partial charge in [-0.1, -0.05) is 18.2 Å². The van der Waals surface area contributed by atoms with Crippen molar-refractivity contribution < 1.29 is 19.8 Å². The molecule has 0 unspecified atom stereocenters. The number of carboxylic acid groups (broad SMARTS) is 2. The Bertz CT molecular complexity index is 713. The van der Waals surface area contributed by atoms with Crippen LogP contribution in [0.15, 0.2) is 30.3 Å². The van der Waals surface area contributed by atoms with Crippen molar-refractivity contribution in [1.29, 1.82) is 5.26 Å². The number of hydrogen-bond donors (Lipinski definition) is 2. The summed E-state index contributed by atoms with van der Waals surface area (Å²) in [5.41, 5.74) is -0.114. The normalized spacial score (nSPS) is 9.94. The molecular formula is C13H7NO4. The van der Waals surface area contributed by atoms with E-state index in [4.69, 9.17) is 15.5 Å². The van der Waals surface area contributed by atoms with E-state index < -0.39 is 11.9 Å². The standard InChI is InChI=1S/C13H7NO4/c14-6-11-7-2-1-3-9(12(15)16)8(7)4-5-10(11)13(17)18/h1-5H,(H,15,16)(H,17,18). The quantitative estimate of drug-likeness (QED) is 0.838. The van der Waals surface area contributed by atoms with Gasteiger partial charge in [0, 0.05) is 5.39 Å². The van der Waals surface area contributed by atoms with Crippen molar-refractivity contribution in [3.63, 3.8) is 0 Å². The summed E-state index contributed by atoms with van der Waals surface area (Å²) >= 11 is 0. The lowest BCUT2D eigenvalue weighted by Gasteiger charge is -2.06. The van der Waals surface area contributed by atoms with E-state index >= 15 is 0 Å². The van der Waals surface area contributed by atoms with Crippen molar-refractivity contribution in [2.75, 3.05) is 0 Å². The van der Waals surface area contributed by atoms with Crippen molar-refractivity contribution in [2.24, 2.45) is 0 Å². The van der Waals surface area contributed by atoms with Gasteiger partial charge in [-0.2, -0.15) is 5.26 Å². The van der Waals surface area contributed by atoms with Gasteiger partial charge in [-0.15, -0.1) is 0 Å². The van der Waals surface area contributed by atoms with Crippen LogP contribution in [-0.4, -0.2) is 22.2 Å². The van der Waals surface area contributed by atoms with Gasteiger partial charge in [0.05, 0.1) is 16.7 Å². The summed E-state index contributed by atoms with van der Waals surface area (Å²) in [5.74, 6) is -2.33. The number of hydrogen-bond acceptors (Lipinski definition) is 3. The molecular weight excluding hydrogens is 234 g/mol. The van der Waals surface area contributed by atoms with Gasteiger partial charge < -0.3 is 10.2 Å². The van der Waals surface area contributed by atoms with Gasteiger partial charge in [-0.3, -0.25) is 0 Å². The van der Waals surface area contributed by atoms with Gasteiger partial charge in [-0.25, -0.2) is 9.59 Å². The fourth-order valence-corrected chi connectivity index (χ4v) is 1.84. The molecule has 0 aliphatic rings. The van der Waals surface area contributed by atoms with Crippen LogP contribution in [-0.2, 0) is 0 Å². The number of aromatic carboxylic acids is 2. The number of carbonyl (C=O) groups is 2. The summed E-state index contributed by atoms with van der Waals surface area (Å²) in [6.45, 7) is 0. The van der Waals surface area contributed by atoms with Crippen LogP contribution in [0.2, 0.25) is 0 Å². The Morgan fingerprint density at radius 1 is 0.944 bits per heavy atom. The highest BCUT2D eigenvalue weighted by molar-refractivity contribution is 6.08. The second-order valence-electron chi connectivity index (χ2n) is 3.61. The fraction of sp³-hybridized carbons (Fsp3) is 0. The molecule has 0 aliphatic carbocycles. The van der Waals surface area contributed by atoms with E-state index in [0.29, 0.717) is 10.8 Å². The second-order valence-corrected chi connectivity index (χ2v) is 3.61. The molecule has 0 heterocycles. The third-order valence-corrected chi connectivity index (χ3v) is 2.63. The predicted octanol–water partition coefficient (Wildman–Crippen LogP) is 2.11. The number of rotatable bonds is 2. The molecule has 5 nitrogen and oxygen atoms in total. The molecule has 0 spiro atoms. The van der Waals surface area contributed by atoms with Crippen LogP contribution in [0, 0.1) is 11.3 Å². The molecule has 0 bridgehead atoms. The molecule has 0 aliphatic heterocycles. The lowest BCUT2D eigenvalue weighted by molar-refractivity contribution is 0.0688. The summed E-state index contributed by atoms with van der Waals surface area (Å²) in [6.07, 6.45) is 0. The molecule has 0 fully saturated rings. The monoisotopic (exact) mass is 241 g/mol. The summed E-state index contributed by atoms with van der Waals surface area (Å²) in [5, 5.41) is 27.7. The van der Waals surface area contributed by atoms with Crippen LogP contribution in [0.1, 0.15) is 26.3 Å². The first-order valence-corrected chi connectivity index (χ1v) is 4.98. The zero-order valence-electron chi connectivity index (χ0n) is 9.04. The van der Waals surface area contributed by atoms with Crippen molar-refractivity contribution in [3.8, 4) is 6.07 Å². The Labute approximate surface area is 102 Å². The predicted molar refractivity (Wildman–Crippen MR) is 62.6 cm³/mol.